The van der Waals surface area contributed by atoms with Gasteiger partial charge in [-0.2, -0.15) is 4.98 Å². The molecular weight excluding hydrogens is 277 g/mol. The Hall–Kier alpha value is -2.44. The van der Waals surface area contributed by atoms with Gasteiger partial charge in [-0.25, -0.2) is 4.39 Å². The highest BCUT2D eigenvalue weighted by molar-refractivity contribution is 5.94. The lowest BCUT2D eigenvalue weighted by atomic mass is 10.1. The molecule has 1 aliphatic rings. The van der Waals surface area contributed by atoms with Crippen LogP contribution in [0.4, 0.5) is 4.39 Å². The largest absolute Gasteiger partial charge is 0.494 e. The first-order valence-corrected chi connectivity index (χ1v) is 6.58. The minimum atomic E-state index is -0.544. The lowest BCUT2D eigenvalue weighted by Crippen LogP contribution is -2.28. The maximum atomic E-state index is 13.7. The van der Waals surface area contributed by atoms with E-state index in [0.29, 0.717) is 24.5 Å². The van der Waals surface area contributed by atoms with Crippen LogP contribution in [-0.4, -0.2) is 41.1 Å². The van der Waals surface area contributed by atoms with Crippen LogP contribution in [0.15, 0.2) is 29.1 Å². The third-order valence-corrected chi connectivity index (χ3v) is 3.62. The summed E-state index contributed by atoms with van der Waals surface area (Å²) in [6, 6.07) is 4.21. The summed E-state index contributed by atoms with van der Waals surface area (Å²) in [5, 5.41) is 3.80. The van der Waals surface area contributed by atoms with Crippen LogP contribution in [0.5, 0.6) is 5.75 Å². The smallest absolute Gasteiger partial charge is 0.253 e. The lowest BCUT2D eigenvalue weighted by molar-refractivity contribution is 0.0790. The second-order valence-electron chi connectivity index (χ2n) is 4.88. The van der Waals surface area contributed by atoms with E-state index in [9.17, 15) is 9.18 Å². The molecule has 1 aromatic heterocycles. The van der Waals surface area contributed by atoms with E-state index in [-0.39, 0.29) is 17.6 Å². The topological polar surface area (TPSA) is 68.5 Å². The minimum Gasteiger partial charge on any atom is -0.494 e. The van der Waals surface area contributed by atoms with Gasteiger partial charge in [0.2, 0.25) is 6.39 Å². The molecule has 0 spiro atoms. The first kappa shape index (κ1) is 13.5. The summed E-state index contributed by atoms with van der Waals surface area (Å²) in [6.45, 7) is 1.09. The van der Waals surface area contributed by atoms with Crippen molar-refractivity contribution in [3.63, 3.8) is 0 Å². The summed E-state index contributed by atoms with van der Waals surface area (Å²) in [5.41, 5.74) is 0.307. The minimum absolute atomic E-state index is 0.0656. The monoisotopic (exact) mass is 291 g/mol. The van der Waals surface area contributed by atoms with E-state index < -0.39 is 5.82 Å². The molecule has 1 aliphatic heterocycles. The molecule has 2 heterocycles. The maximum Gasteiger partial charge on any atom is 0.253 e. The van der Waals surface area contributed by atoms with Gasteiger partial charge in [0.05, 0.1) is 7.11 Å². The molecule has 0 saturated carbocycles. The number of aromatic nitrogens is 2. The van der Waals surface area contributed by atoms with Crippen molar-refractivity contribution in [2.24, 2.45) is 0 Å². The number of rotatable bonds is 3. The Bertz CT molecular complexity index is 645. The van der Waals surface area contributed by atoms with E-state index in [1.54, 1.807) is 11.0 Å². The Kier molecular flexibility index (Phi) is 3.55. The van der Waals surface area contributed by atoms with E-state index in [1.165, 1.54) is 25.6 Å². The quantitative estimate of drug-likeness (QED) is 0.863. The third-order valence-electron chi connectivity index (χ3n) is 3.62. The molecule has 0 radical (unpaired) electrons. The van der Waals surface area contributed by atoms with Gasteiger partial charge >= 0.3 is 0 Å². The number of amides is 1. The fraction of sp³-hybridized carbons (Fsp3) is 0.357. The summed E-state index contributed by atoms with van der Waals surface area (Å²) in [6.07, 6.45) is 2.04. The van der Waals surface area contributed by atoms with Crippen LogP contribution in [0, 0.1) is 5.82 Å². The van der Waals surface area contributed by atoms with Gasteiger partial charge in [0.1, 0.15) is 0 Å². The Balaban J connectivity index is 1.73. The van der Waals surface area contributed by atoms with E-state index in [0.717, 1.165) is 6.42 Å². The van der Waals surface area contributed by atoms with E-state index >= 15 is 0 Å². The molecular formula is C14H14FN3O3. The van der Waals surface area contributed by atoms with Crippen molar-refractivity contribution in [3.05, 3.63) is 41.8 Å². The number of halogens is 1. The summed E-state index contributed by atoms with van der Waals surface area (Å²) in [7, 11) is 1.38. The Morgan fingerprint density at radius 2 is 2.38 bits per heavy atom. The third kappa shape index (κ3) is 2.58. The predicted octanol–water partition coefficient (Wildman–Crippen LogP) is 1.85. The molecule has 7 heteroatoms. The number of benzene rings is 1. The van der Waals surface area contributed by atoms with Crippen LogP contribution in [-0.2, 0) is 0 Å². The van der Waals surface area contributed by atoms with E-state index in [1.807, 2.05) is 0 Å². The number of hydrogen-bond acceptors (Lipinski definition) is 5. The lowest BCUT2D eigenvalue weighted by Gasteiger charge is -2.16. The normalized spacial score (nSPS) is 18.0. The molecule has 110 valence electrons. The van der Waals surface area contributed by atoms with Gasteiger partial charge in [0.15, 0.2) is 17.4 Å². The fourth-order valence-corrected chi connectivity index (χ4v) is 2.50. The molecule has 1 fully saturated rings. The molecule has 0 aliphatic carbocycles. The van der Waals surface area contributed by atoms with Crippen LogP contribution in [0.2, 0.25) is 0 Å². The van der Waals surface area contributed by atoms with Crippen LogP contribution >= 0.6 is 0 Å². The summed E-state index contributed by atoms with van der Waals surface area (Å²) < 4.78 is 23.2. The molecule has 2 aromatic rings. The molecule has 1 amide bonds. The first-order valence-electron chi connectivity index (χ1n) is 6.58. The average Bonchev–Trinajstić information content (AvgIpc) is 3.17. The van der Waals surface area contributed by atoms with Crippen molar-refractivity contribution in [2.75, 3.05) is 20.2 Å². The average molecular weight is 291 g/mol. The van der Waals surface area contributed by atoms with Gasteiger partial charge in [-0.05, 0) is 24.6 Å². The molecule has 0 bridgehead atoms. The van der Waals surface area contributed by atoms with Crippen molar-refractivity contribution in [1.29, 1.82) is 0 Å². The Morgan fingerprint density at radius 3 is 3.05 bits per heavy atom. The van der Waals surface area contributed by atoms with Crippen molar-refractivity contribution < 1.29 is 18.4 Å². The molecule has 1 saturated heterocycles. The highest BCUT2D eigenvalue weighted by atomic mass is 19.1. The maximum absolute atomic E-state index is 13.7. The molecule has 1 atom stereocenters. The molecule has 0 N–H and O–H groups in total. The SMILES string of the molecule is COc1ccc(C(=O)N2CC[C@H](c3ncon3)C2)cc1F. The highest BCUT2D eigenvalue weighted by Crippen LogP contribution is 2.26. The molecule has 3 rings (SSSR count). The zero-order valence-corrected chi connectivity index (χ0v) is 11.5. The summed E-state index contributed by atoms with van der Waals surface area (Å²) in [5.74, 6) is 0.0412. The number of carbonyl (C=O) groups excluding carboxylic acids is 1. The number of nitrogens with zero attached hydrogens (tertiary/aromatic N) is 3. The van der Waals surface area contributed by atoms with Crippen LogP contribution in [0.3, 0.4) is 0 Å². The Labute approximate surface area is 120 Å². The second kappa shape index (κ2) is 5.51. The molecule has 6 nitrogen and oxygen atoms in total. The Morgan fingerprint density at radius 1 is 1.52 bits per heavy atom. The van der Waals surface area contributed by atoms with Crippen molar-refractivity contribution >= 4 is 5.91 Å². The van der Waals surface area contributed by atoms with Gasteiger partial charge in [-0.1, -0.05) is 5.16 Å². The molecule has 21 heavy (non-hydrogen) atoms. The fourth-order valence-electron chi connectivity index (χ4n) is 2.50. The number of likely N-dealkylation sites (tertiary alicyclic amines) is 1. The van der Waals surface area contributed by atoms with Gasteiger partial charge in [0, 0.05) is 24.6 Å². The van der Waals surface area contributed by atoms with E-state index in [4.69, 9.17) is 9.26 Å². The zero-order valence-electron chi connectivity index (χ0n) is 11.5. The van der Waals surface area contributed by atoms with Crippen molar-refractivity contribution in [1.82, 2.24) is 15.0 Å². The van der Waals surface area contributed by atoms with Gasteiger partial charge in [0.25, 0.3) is 5.91 Å². The van der Waals surface area contributed by atoms with Crippen LogP contribution in [0.25, 0.3) is 0 Å². The first-order chi connectivity index (χ1) is 10.2. The van der Waals surface area contributed by atoms with Crippen molar-refractivity contribution in [2.45, 2.75) is 12.3 Å². The zero-order chi connectivity index (χ0) is 14.8. The molecule has 0 unspecified atom stereocenters. The van der Waals surface area contributed by atoms with Crippen LogP contribution < -0.4 is 4.74 Å². The van der Waals surface area contributed by atoms with Gasteiger partial charge in [-0.15, -0.1) is 0 Å². The van der Waals surface area contributed by atoms with Crippen LogP contribution in [0.1, 0.15) is 28.5 Å². The summed E-state index contributed by atoms with van der Waals surface area (Å²) >= 11 is 0. The standard InChI is InChI=1S/C14H14FN3O3/c1-20-12-3-2-9(6-11(12)15)14(19)18-5-4-10(7-18)13-16-8-21-17-13/h2-3,6,8,10H,4-5,7H2,1H3/t10-/m0/s1. The van der Waals surface area contributed by atoms with Crippen molar-refractivity contribution in [3.8, 4) is 5.75 Å². The van der Waals surface area contributed by atoms with Gasteiger partial charge < -0.3 is 14.2 Å². The highest BCUT2D eigenvalue weighted by Gasteiger charge is 2.30. The number of ether oxygens (including phenoxy) is 1. The number of methoxy groups -OCH3 is 1. The van der Waals surface area contributed by atoms with Gasteiger partial charge in [-0.3, -0.25) is 4.79 Å². The molecule has 1 aromatic carbocycles. The number of hydrogen-bond donors (Lipinski definition) is 0. The van der Waals surface area contributed by atoms with E-state index in [2.05, 4.69) is 10.1 Å². The number of carbonyl (C=O) groups is 1. The second-order valence-corrected chi connectivity index (χ2v) is 4.88. The summed E-state index contributed by atoms with van der Waals surface area (Å²) in [4.78, 5) is 18.0. The predicted molar refractivity (Wildman–Crippen MR) is 70.5 cm³/mol.